The zero-order valence-corrected chi connectivity index (χ0v) is 46.0. The van der Waals surface area contributed by atoms with Crippen molar-refractivity contribution < 1.29 is 19.1 Å². The molecule has 73 heavy (non-hydrogen) atoms. The second kappa shape index (κ2) is 31.3. The summed E-state index contributed by atoms with van der Waals surface area (Å²) in [6.45, 7) is 11.7. The maximum absolute atomic E-state index is 12.3. The number of carbonyl (C=O) groups is 2. The first-order valence-corrected chi connectivity index (χ1v) is 27.6. The van der Waals surface area contributed by atoms with E-state index in [4.69, 9.17) is 72.5 Å². The number of pyridine rings is 3. The zero-order chi connectivity index (χ0) is 51.8. The number of aromatic nitrogens is 3. The Bertz CT molecular complexity index is 2450. The number of rotatable bonds is 13. The van der Waals surface area contributed by atoms with Gasteiger partial charge in [-0.15, -0.1) is 34.8 Å². The molecule has 0 unspecified atom stereocenters. The van der Waals surface area contributed by atoms with Crippen molar-refractivity contribution in [3.63, 3.8) is 0 Å². The van der Waals surface area contributed by atoms with Crippen molar-refractivity contribution >= 4 is 81.2 Å². The molecule has 0 atom stereocenters. The lowest BCUT2D eigenvalue weighted by molar-refractivity contribution is -0.131. The summed E-state index contributed by atoms with van der Waals surface area (Å²) < 4.78 is 11.0. The van der Waals surface area contributed by atoms with Gasteiger partial charge in [0.25, 0.3) is 0 Å². The molecule has 3 aromatic heterocycles. The molecule has 18 heteroatoms. The van der Waals surface area contributed by atoms with Gasteiger partial charge in [0.2, 0.25) is 11.8 Å². The number of alkyl halides is 3. The Hall–Kier alpha value is -4.60. The number of hydrogen-bond donors (Lipinski definition) is 1. The molecule has 0 radical (unpaired) electrons. The highest BCUT2D eigenvalue weighted by molar-refractivity contribution is 6.31. The first kappa shape index (κ1) is 57.7. The third-order valence-electron chi connectivity index (χ3n) is 12.9. The Balaban J connectivity index is 0.000000181. The third kappa shape index (κ3) is 19.2. The summed E-state index contributed by atoms with van der Waals surface area (Å²) in [5, 5.41) is 4.19. The summed E-state index contributed by atoms with van der Waals surface area (Å²) in [5.41, 5.74) is 8.00. The van der Waals surface area contributed by atoms with Crippen LogP contribution in [0.1, 0.15) is 85.5 Å². The van der Waals surface area contributed by atoms with Gasteiger partial charge in [0, 0.05) is 114 Å². The number of hydrogen-bond acceptors (Lipinski definition) is 11. The van der Waals surface area contributed by atoms with Crippen LogP contribution < -0.4 is 24.6 Å². The van der Waals surface area contributed by atoms with Crippen LogP contribution in [0, 0.1) is 0 Å². The molecule has 2 amide bonds. The SMILES string of the molecule is COc1cc(Cl)ccc1N1CCN(Cc2cccc(CCl)n2)CC1.COc1cc(Cl)ccc1N1CCN(Cc2cccc(CN3CCCCCC3=O)n2)CC1.ClCc1cccc(CCl)n1.O=C1CCCCCN1. The molecule has 0 bridgehead atoms. The first-order valence-electron chi connectivity index (χ1n) is 25.3. The number of benzene rings is 2. The van der Waals surface area contributed by atoms with E-state index >= 15 is 0 Å². The van der Waals surface area contributed by atoms with E-state index in [-0.39, 0.29) is 11.8 Å². The summed E-state index contributed by atoms with van der Waals surface area (Å²) in [5.74, 6) is 3.49. The van der Waals surface area contributed by atoms with Crippen molar-refractivity contribution in [2.75, 3.05) is 89.5 Å². The number of halogens is 5. The Labute approximate surface area is 457 Å². The predicted octanol–water partition coefficient (Wildman–Crippen LogP) is 11.0. The normalized spacial score (nSPS) is 16.6. The minimum Gasteiger partial charge on any atom is -0.495 e. The molecule has 4 aliphatic heterocycles. The molecule has 0 aliphatic carbocycles. The van der Waals surface area contributed by atoms with Crippen LogP contribution in [0.5, 0.6) is 11.5 Å². The summed E-state index contributed by atoms with van der Waals surface area (Å²) >= 11 is 29.1. The van der Waals surface area contributed by atoms with Crippen molar-refractivity contribution in [3.05, 3.63) is 135 Å². The van der Waals surface area contributed by atoms with Crippen LogP contribution in [0.3, 0.4) is 0 Å². The van der Waals surface area contributed by atoms with Gasteiger partial charge < -0.3 is 29.5 Å². The first-order chi connectivity index (χ1) is 35.6. The average Bonchev–Trinajstić information content (AvgIpc) is 3.80. The Kier molecular flexibility index (Phi) is 24.7. The van der Waals surface area contributed by atoms with E-state index < -0.39 is 0 Å². The Morgan fingerprint density at radius 1 is 0.493 bits per heavy atom. The molecule has 9 rings (SSSR count). The van der Waals surface area contributed by atoms with Crippen LogP contribution in [0.25, 0.3) is 0 Å². The molecule has 394 valence electrons. The largest absolute Gasteiger partial charge is 0.495 e. The van der Waals surface area contributed by atoms with E-state index in [0.717, 1.165) is 174 Å². The predicted molar refractivity (Wildman–Crippen MR) is 298 cm³/mol. The molecule has 1 N–H and O–H groups in total. The van der Waals surface area contributed by atoms with E-state index in [0.29, 0.717) is 40.7 Å². The molecule has 0 saturated carbocycles. The van der Waals surface area contributed by atoms with Gasteiger partial charge in [-0.3, -0.25) is 34.3 Å². The van der Waals surface area contributed by atoms with Crippen LogP contribution in [-0.2, 0) is 46.9 Å². The second-order valence-electron chi connectivity index (χ2n) is 18.2. The van der Waals surface area contributed by atoms with Crippen molar-refractivity contribution in [3.8, 4) is 11.5 Å². The fraction of sp³-hybridized carbons (Fsp3) is 0.473. The van der Waals surface area contributed by atoms with E-state index in [1.807, 2.05) is 77.7 Å². The summed E-state index contributed by atoms with van der Waals surface area (Å²) in [6.07, 6.45) is 8.09. The highest BCUT2D eigenvalue weighted by atomic mass is 35.5. The molecule has 2 aromatic carbocycles. The molecule has 7 heterocycles. The van der Waals surface area contributed by atoms with Crippen molar-refractivity contribution in [1.82, 2.24) is 35.0 Å². The Morgan fingerprint density at radius 3 is 1.40 bits per heavy atom. The van der Waals surface area contributed by atoms with E-state index in [1.54, 1.807) is 14.2 Å². The topological polar surface area (TPSA) is 120 Å². The maximum Gasteiger partial charge on any atom is 0.222 e. The van der Waals surface area contributed by atoms with Gasteiger partial charge in [-0.1, -0.05) is 54.2 Å². The second-order valence-corrected chi connectivity index (χ2v) is 19.9. The lowest BCUT2D eigenvalue weighted by atomic mass is 10.2. The van der Waals surface area contributed by atoms with Crippen LogP contribution in [0.15, 0.2) is 91.0 Å². The number of piperazine rings is 2. The summed E-state index contributed by atoms with van der Waals surface area (Å²) in [6, 6.07) is 29.5. The van der Waals surface area contributed by atoms with Crippen LogP contribution in [0.2, 0.25) is 10.0 Å². The minimum atomic E-state index is 0.225. The standard InChI is InChI=1S/C24H31ClN4O2.C18H21Cl2N3O.C7H7Cl2N.C6H11NO/c1-31-23-16-19(25)9-10-22(23)28-14-12-27(13-15-28)17-20-6-5-7-21(26-20)18-29-11-4-2-3-8-24(29)30;1-24-18-11-14(20)5-6-17(18)23-9-7-22(8-10-23)13-16-4-2-3-15(12-19)21-16;8-4-6-2-1-3-7(5-9)10-6;8-6-4-2-1-3-5-7-6/h5-7,9-10,16H,2-4,8,11-15,17-18H2,1H3;2-6,11H,7-10,12-13H2,1H3;1-3H,4-5H2;1-5H2,(H,7,8). The summed E-state index contributed by atoms with van der Waals surface area (Å²) in [7, 11) is 3.37. The van der Waals surface area contributed by atoms with E-state index in [2.05, 4.69) is 53.1 Å². The molecular formula is C55H70Cl5N9O4. The van der Waals surface area contributed by atoms with Crippen molar-refractivity contribution in [2.24, 2.45) is 0 Å². The highest BCUT2D eigenvalue weighted by Crippen LogP contribution is 2.33. The van der Waals surface area contributed by atoms with Gasteiger partial charge in [0.1, 0.15) is 11.5 Å². The van der Waals surface area contributed by atoms with E-state index in [9.17, 15) is 9.59 Å². The number of likely N-dealkylation sites (tertiary alicyclic amines) is 1. The lowest BCUT2D eigenvalue weighted by Crippen LogP contribution is -2.46. The Morgan fingerprint density at radius 2 is 0.918 bits per heavy atom. The lowest BCUT2D eigenvalue weighted by Gasteiger charge is -2.36. The summed E-state index contributed by atoms with van der Waals surface area (Å²) in [4.78, 5) is 48.0. The van der Waals surface area contributed by atoms with Gasteiger partial charge in [-0.05, 0) is 86.3 Å². The van der Waals surface area contributed by atoms with Gasteiger partial charge in [-0.2, -0.15) is 0 Å². The number of methoxy groups -OCH3 is 2. The zero-order valence-electron chi connectivity index (χ0n) is 42.2. The number of carbonyl (C=O) groups excluding carboxylic acids is 2. The van der Waals surface area contributed by atoms with E-state index in [1.165, 1.54) is 6.42 Å². The van der Waals surface area contributed by atoms with Crippen LogP contribution in [-0.4, -0.2) is 121 Å². The van der Waals surface area contributed by atoms with Gasteiger partial charge in [0.15, 0.2) is 0 Å². The number of ether oxygens (including phenoxy) is 2. The number of amides is 2. The third-order valence-corrected chi connectivity index (χ3v) is 14.2. The van der Waals surface area contributed by atoms with Crippen molar-refractivity contribution in [1.29, 1.82) is 0 Å². The molecule has 4 saturated heterocycles. The molecule has 0 spiro atoms. The average molecular weight is 1100 g/mol. The van der Waals surface area contributed by atoms with Crippen LogP contribution >= 0.6 is 58.0 Å². The highest BCUT2D eigenvalue weighted by Gasteiger charge is 2.23. The molecular weight excluding hydrogens is 1030 g/mol. The molecule has 4 aliphatic rings. The number of nitrogens with one attached hydrogen (secondary N) is 1. The fourth-order valence-electron chi connectivity index (χ4n) is 8.96. The minimum absolute atomic E-state index is 0.225. The molecule has 4 fully saturated rings. The molecule has 5 aromatic rings. The number of nitrogens with zero attached hydrogens (tertiary/aromatic N) is 8. The van der Waals surface area contributed by atoms with Crippen LogP contribution in [0.4, 0.5) is 11.4 Å². The maximum atomic E-state index is 12.3. The van der Waals surface area contributed by atoms with Gasteiger partial charge in [0.05, 0.1) is 83.9 Å². The smallest absolute Gasteiger partial charge is 0.222 e. The van der Waals surface area contributed by atoms with Gasteiger partial charge in [-0.25, -0.2) is 0 Å². The quantitative estimate of drug-likeness (QED) is 0.114. The fourth-order valence-corrected chi connectivity index (χ4v) is 9.73. The number of anilines is 2. The van der Waals surface area contributed by atoms with Gasteiger partial charge >= 0.3 is 0 Å². The molecule has 13 nitrogen and oxygen atoms in total. The monoisotopic (exact) mass is 1100 g/mol. The van der Waals surface area contributed by atoms with Crippen molar-refractivity contribution in [2.45, 2.75) is 88.6 Å².